The van der Waals surface area contributed by atoms with E-state index in [9.17, 15) is 8.42 Å². The maximum atomic E-state index is 11.1. The lowest BCUT2D eigenvalue weighted by atomic mass is 10.0. The van der Waals surface area contributed by atoms with Crippen molar-refractivity contribution in [1.82, 2.24) is 0 Å². The molecule has 1 aliphatic rings. The topological polar surface area (TPSA) is 92.8 Å². The number of nitrogens with two attached hydrogens (primary N) is 1. The number of hydrogen-bond donors (Lipinski definition) is 2. The Morgan fingerprint density at radius 2 is 1.89 bits per heavy atom. The largest absolute Gasteiger partial charge is 0.411 e. The normalized spacial score (nSPS) is 26.4. The Balaban J connectivity index is 2.27. The molecule has 0 aromatic heterocycles. The van der Waals surface area contributed by atoms with Crippen LogP contribution in [-0.2, 0) is 10.0 Å². The van der Waals surface area contributed by atoms with E-state index >= 15 is 0 Å². The Morgan fingerprint density at radius 1 is 1.33 bits per heavy atom. The molecule has 98 valence electrons. The summed E-state index contributed by atoms with van der Waals surface area (Å²) >= 11 is 0. The smallest absolute Gasteiger partial charge is 0.238 e. The Morgan fingerprint density at radius 3 is 2.33 bits per heavy atom. The predicted molar refractivity (Wildman–Crippen MR) is 68.1 cm³/mol. The number of benzene rings is 1. The number of rotatable bonds is 3. The molecule has 1 aliphatic carbocycles. The van der Waals surface area contributed by atoms with Crippen LogP contribution in [0.1, 0.15) is 25.3 Å². The Labute approximate surface area is 106 Å². The van der Waals surface area contributed by atoms with Crippen LogP contribution in [0.25, 0.3) is 0 Å². The lowest BCUT2D eigenvalue weighted by Gasteiger charge is -2.04. The zero-order chi connectivity index (χ0) is 13.6. The van der Waals surface area contributed by atoms with Gasteiger partial charge >= 0.3 is 0 Å². The number of hydrogen-bond acceptors (Lipinski definition) is 4. The molecular formula is C12H16N2O3S. The van der Waals surface area contributed by atoms with Crippen molar-refractivity contribution in [3.63, 3.8) is 0 Å². The molecule has 0 radical (unpaired) electrons. The molecule has 0 aliphatic heterocycles. The van der Waals surface area contributed by atoms with Crippen molar-refractivity contribution in [2.24, 2.45) is 21.6 Å². The van der Waals surface area contributed by atoms with E-state index in [0.717, 1.165) is 5.56 Å². The van der Waals surface area contributed by atoms with Crippen molar-refractivity contribution in [2.75, 3.05) is 0 Å². The van der Waals surface area contributed by atoms with Crippen LogP contribution in [0.4, 0.5) is 0 Å². The molecule has 0 amide bonds. The van der Waals surface area contributed by atoms with E-state index < -0.39 is 10.0 Å². The van der Waals surface area contributed by atoms with Crippen LogP contribution in [0.2, 0.25) is 0 Å². The summed E-state index contributed by atoms with van der Waals surface area (Å²) in [5.74, 6) is 0.408. The summed E-state index contributed by atoms with van der Waals surface area (Å²) in [6.45, 7) is 4.16. The van der Waals surface area contributed by atoms with Crippen molar-refractivity contribution in [3.8, 4) is 0 Å². The van der Waals surface area contributed by atoms with Crippen LogP contribution in [0.15, 0.2) is 34.3 Å². The molecule has 1 aromatic carbocycles. The molecule has 6 heteroatoms. The van der Waals surface area contributed by atoms with Gasteiger partial charge in [-0.15, -0.1) is 5.16 Å². The Kier molecular flexibility index (Phi) is 2.95. The first-order chi connectivity index (χ1) is 8.28. The van der Waals surface area contributed by atoms with Gasteiger partial charge in [-0.3, -0.25) is 0 Å². The SMILES string of the molecule is CC1(C)C(C=NO)C1c1ccc(S(N)(=O)=O)cc1. The summed E-state index contributed by atoms with van der Waals surface area (Å²) in [6.07, 6.45) is 1.53. The second kappa shape index (κ2) is 4.07. The summed E-state index contributed by atoms with van der Waals surface area (Å²) in [4.78, 5) is 0.108. The number of nitrogens with zero attached hydrogens (tertiary/aromatic N) is 1. The van der Waals surface area contributed by atoms with Gasteiger partial charge in [0.2, 0.25) is 10.0 Å². The van der Waals surface area contributed by atoms with Crippen molar-refractivity contribution in [1.29, 1.82) is 0 Å². The third kappa shape index (κ3) is 2.13. The van der Waals surface area contributed by atoms with Crippen molar-refractivity contribution < 1.29 is 13.6 Å². The van der Waals surface area contributed by atoms with E-state index in [2.05, 4.69) is 19.0 Å². The molecule has 0 bridgehead atoms. The van der Waals surface area contributed by atoms with Crippen molar-refractivity contribution in [2.45, 2.75) is 24.7 Å². The van der Waals surface area contributed by atoms with E-state index in [1.54, 1.807) is 12.1 Å². The van der Waals surface area contributed by atoms with Crippen LogP contribution in [-0.4, -0.2) is 19.8 Å². The van der Waals surface area contributed by atoms with E-state index in [4.69, 9.17) is 10.3 Å². The summed E-state index contributed by atoms with van der Waals surface area (Å²) in [5, 5.41) is 16.7. The molecule has 2 rings (SSSR count). The maximum Gasteiger partial charge on any atom is 0.238 e. The van der Waals surface area contributed by atoms with Gasteiger partial charge in [0.1, 0.15) is 0 Å². The molecule has 3 N–H and O–H groups in total. The predicted octanol–water partition coefficient (Wildman–Crippen LogP) is 1.53. The molecule has 18 heavy (non-hydrogen) atoms. The molecule has 2 atom stereocenters. The highest BCUT2D eigenvalue weighted by Gasteiger charge is 2.57. The van der Waals surface area contributed by atoms with Crippen LogP contribution >= 0.6 is 0 Å². The fourth-order valence-corrected chi connectivity index (χ4v) is 3.04. The average molecular weight is 268 g/mol. The third-order valence-electron chi connectivity index (χ3n) is 3.71. The monoisotopic (exact) mass is 268 g/mol. The molecular weight excluding hydrogens is 252 g/mol. The van der Waals surface area contributed by atoms with Crippen LogP contribution in [0, 0.1) is 11.3 Å². The quantitative estimate of drug-likeness (QED) is 0.494. The Hall–Kier alpha value is -1.40. The van der Waals surface area contributed by atoms with Crippen molar-refractivity contribution >= 4 is 16.2 Å². The second-order valence-corrected chi connectivity index (χ2v) is 6.76. The number of primary sulfonamides is 1. The summed E-state index contributed by atoms with van der Waals surface area (Å²) in [6, 6.07) is 6.53. The standard InChI is InChI=1S/C12H16N2O3S/c1-12(2)10(7-14-15)11(12)8-3-5-9(6-4-8)18(13,16)17/h3-7,10-11,15H,1-2H3,(H2,13,16,17). The highest BCUT2D eigenvalue weighted by atomic mass is 32.2. The molecule has 0 spiro atoms. The summed E-state index contributed by atoms with van der Waals surface area (Å²) in [7, 11) is -3.64. The molecule has 0 heterocycles. The zero-order valence-corrected chi connectivity index (χ0v) is 11.1. The van der Waals surface area contributed by atoms with Gasteiger partial charge in [0.25, 0.3) is 0 Å². The van der Waals surface area contributed by atoms with Gasteiger partial charge in [0.05, 0.1) is 4.90 Å². The first-order valence-electron chi connectivity index (χ1n) is 5.59. The van der Waals surface area contributed by atoms with Crippen LogP contribution < -0.4 is 5.14 Å². The van der Waals surface area contributed by atoms with Gasteiger partial charge in [0, 0.05) is 12.1 Å². The lowest BCUT2D eigenvalue weighted by Crippen LogP contribution is -2.11. The molecule has 0 saturated heterocycles. The highest BCUT2D eigenvalue weighted by molar-refractivity contribution is 7.89. The van der Waals surface area contributed by atoms with Crippen molar-refractivity contribution in [3.05, 3.63) is 29.8 Å². The average Bonchev–Trinajstić information content (AvgIpc) is 2.80. The van der Waals surface area contributed by atoms with Crippen LogP contribution in [0.3, 0.4) is 0 Å². The van der Waals surface area contributed by atoms with Gasteiger partial charge in [-0.25, -0.2) is 13.6 Å². The summed E-state index contributed by atoms with van der Waals surface area (Å²) in [5.41, 5.74) is 1.05. The van der Waals surface area contributed by atoms with E-state index in [0.29, 0.717) is 0 Å². The summed E-state index contributed by atoms with van der Waals surface area (Å²) < 4.78 is 22.3. The van der Waals surface area contributed by atoms with E-state index in [1.165, 1.54) is 18.3 Å². The van der Waals surface area contributed by atoms with Gasteiger partial charge in [-0.1, -0.05) is 26.0 Å². The zero-order valence-electron chi connectivity index (χ0n) is 10.2. The van der Waals surface area contributed by atoms with Crippen LogP contribution in [0.5, 0.6) is 0 Å². The fourth-order valence-electron chi connectivity index (χ4n) is 2.53. The molecule has 1 fully saturated rings. The number of oxime groups is 1. The molecule has 2 unspecified atom stereocenters. The van der Waals surface area contributed by atoms with Gasteiger partial charge in [-0.05, 0) is 29.0 Å². The minimum Gasteiger partial charge on any atom is -0.411 e. The Bertz CT molecular complexity index is 576. The molecule has 1 saturated carbocycles. The minimum absolute atomic E-state index is 0.0232. The fraction of sp³-hybridized carbons (Fsp3) is 0.417. The first kappa shape index (κ1) is 13.0. The third-order valence-corrected chi connectivity index (χ3v) is 4.63. The van der Waals surface area contributed by atoms with Gasteiger partial charge < -0.3 is 5.21 Å². The maximum absolute atomic E-state index is 11.1. The minimum atomic E-state index is -3.64. The van der Waals surface area contributed by atoms with Gasteiger partial charge in [-0.2, -0.15) is 0 Å². The van der Waals surface area contributed by atoms with Gasteiger partial charge in [0.15, 0.2) is 0 Å². The first-order valence-corrected chi connectivity index (χ1v) is 7.13. The van der Waals surface area contributed by atoms with E-state index in [1.807, 2.05) is 0 Å². The molecule has 5 nitrogen and oxygen atoms in total. The highest BCUT2D eigenvalue weighted by Crippen LogP contribution is 2.63. The lowest BCUT2D eigenvalue weighted by molar-refractivity contribution is 0.319. The number of sulfonamides is 1. The second-order valence-electron chi connectivity index (χ2n) is 5.20. The van der Waals surface area contributed by atoms with E-state index in [-0.39, 0.29) is 22.1 Å². The molecule has 1 aromatic rings.